The van der Waals surface area contributed by atoms with E-state index >= 15 is 0 Å². The molecular weight excluding hydrogens is 262 g/mol. The Morgan fingerprint density at radius 2 is 2.11 bits per heavy atom. The Bertz CT molecular complexity index is 549. The molecule has 0 unspecified atom stereocenters. The smallest absolute Gasteiger partial charge is 0.165 e. The quantitative estimate of drug-likeness (QED) is 0.936. The van der Waals surface area contributed by atoms with Crippen LogP contribution in [0.2, 0.25) is 5.02 Å². The third kappa shape index (κ3) is 3.08. The molecule has 1 aromatic heterocycles. The molecule has 0 saturated carbocycles. The van der Waals surface area contributed by atoms with E-state index in [-0.39, 0.29) is 0 Å². The van der Waals surface area contributed by atoms with Crippen LogP contribution in [0.3, 0.4) is 0 Å². The molecule has 5 heteroatoms. The van der Waals surface area contributed by atoms with E-state index in [0.29, 0.717) is 11.1 Å². The van der Waals surface area contributed by atoms with Gasteiger partial charge in [0.15, 0.2) is 5.75 Å². The summed E-state index contributed by atoms with van der Waals surface area (Å²) >= 11 is 5.93. The molecule has 0 bridgehead atoms. The second kappa shape index (κ2) is 5.63. The molecule has 1 N–H and O–H groups in total. The zero-order valence-corrected chi connectivity index (χ0v) is 11.3. The van der Waals surface area contributed by atoms with Crippen LogP contribution in [-0.2, 0) is 0 Å². The lowest BCUT2D eigenvalue weighted by Gasteiger charge is -2.22. The van der Waals surface area contributed by atoms with E-state index in [9.17, 15) is 0 Å². The van der Waals surface area contributed by atoms with Gasteiger partial charge in [0.1, 0.15) is 5.75 Å². The number of rotatable bonds is 3. The van der Waals surface area contributed by atoms with Crippen LogP contribution in [0.1, 0.15) is 18.9 Å². The van der Waals surface area contributed by atoms with Crippen molar-refractivity contribution in [2.24, 2.45) is 0 Å². The minimum atomic E-state index is 0.470. The van der Waals surface area contributed by atoms with Gasteiger partial charge in [0.25, 0.3) is 0 Å². The summed E-state index contributed by atoms with van der Waals surface area (Å²) in [4.78, 5) is 0. The summed E-state index contributed by atoms with van der Waals surface area (Å²) in [6.45, 7) is 2.10. The molecule has 0 spiro atoms. The fraction of sp³-hybridized carbons (Fsp3) is 0.357. The maximum absolute atomic E-state index is 5.93. The molecule has 2 aromatic rings. The van der Waals surface area contributed by atoms with Gasteiger partial charge in [-0.1, -0.05) is 17.7 Å². The average Bonchev–Trinajstić information content (AvgIpc) is 2.88. The minimum Gasteiger partial charge on any atom is -0.454 e. The van der Waals surface area contributed by atoms with Crippen molar-refractivity contribution >= 4 is 11.6 Å². The van der Waals surface area contributed by atoms with Crippen molar-refractivity contribution in [1.82, 2.24) is 15.1 Å². The summed E-state index contributed by atoms with van der Waals surface area (Å²) < 4.78 is 7.75. The lowest BCUT2D eigenvalue weighted by molar-refractivity contribution is 0.342. The van der Waals surface area contributed by atoms with E-state index in [2.05, 4.69) is 10.4 Å². The lowest BCUT2D eigenvalue weighted by Crippen LogP contribution is -2.29. The highest BCUT2D eigenvalue weighted by Gasteiger charge is 2.16. The molecule has 0 amide bonds. The van der Waals surface area contributed by atoms with E-state index in [4.69, 9.17) is 16.3 Å². The summed E-state index contributed by atoms with van der Waals surface area (Å²) in [5, 5.41) is 8.41. The Balaban J connectivity index is 1.70. The Hall–Kier alpha value is -1.52. The van der Waals surface area contributed by atoms with Gasteiger partial charge >= 0.3 is 0 Å². The molecule has 1 aliphatic heterocycles. The van der Waals surface area contributed by atoms with Gasteiger partial charge in [-0.25, -0.2) is 0 Å². The van der Waals surface area contributed by atoms with Gasteiger partial charge < -0.3 is 10.1 Å². The zero-order chi connectivity index (χ0) is 13.1. The van der Waals surface area contributed by atoms with Crippen LogP contribution in [0.25, 0.3) is 0 Å². The zero-order valence-electron chi connectivity index (χ0n) is 10.6. The van der Waals surface area contributed by atoms with Gasteiger partial charge in [0, 0.05) is 5.02 Å². The number of hydrogen-bond acceptors (Lipinski definition) is 3. The SMILES string of the molecule is Clc1cccc(Oc2cnn(C3CCNCC3)c2)c1. The van der Waals surface area contributed by atoms with E-state index in [1.165, 1.54) is 0 Å². The molecule has 0 atom stereocenters. The monoisotopic (exact) mass is 277 g/mol. The molecule has 1 fully saturated rings. The van der Waals surface area contributed by atoms with Crippen LogP contribution in [-0.4, -0.2) is 22.9 Å². The van der Waals surface area contributed by atoms with Crippen LogP contribution in [0.5, 0.6) is 11.5 Å². The highest BCUT2D eigenvalue weighted by molar-refractivity contribution is 6.30. The Labute approximate surface area is 117 Å². The molecule has 19 heavy (non-hydrogen) atoms. The summed E-state index contributed by atoms with van der Waals surface area (Å²) in [5.41, 5.74) is 0. The summed E-state index contributed by atoms with van der Waals surface area (Å²) in [6.07, 6.45) is 5.93. The number of ether oxygens (including phenoxy) is 1. The van der Waals surface area contributed by atoms with Crippen molar-refractivity contribution in [3.63, 3.8) is 0 Å². The van der Waals surface area contributed by atoms with Crippen molar-refractivity contribution in [2.45, 2.75) is 18.9 Å². The molecule has 2 heterocycles. The van der Waals surface area contributed by atoms with E-state index in [1.54, 1.807) is 12.3 Å². The molecular formula is C14H16ClN3O. The predicted octanol–water partition coefficient (Wildman–Crippen LogP) is 3.25. The number of hydrogen-bond donors (Lipinski definition) is 1. The fourth-order valence-corrected chi connectivity index (χ4v) is 2.49. The molecule has 0 aliphatic carbocycles. The topological polar surface area (TPSA) is 39.1 Å². The summed E-state index contributed by atoms with van der Waals surface area (Å²) in [5.74, 6) is 1.48. The maximum Gasteiger partial charge on any atom is 0.165 e. The van der Waals surface area contributed by atoms with Crippen molar-refractivity contribution in [1.29, 1.82) is 0 Å². The number of halogens is 1. The summed E-state index contributed by atoms with van der Waals surface area (Å²) in [6, 6.07) is 7.84. The van der Waals surface area contributed by atoms with Crippen molar-refractivity contribution in [2.75, 3.05) is 13.1 Å². The summed E-state index contributed by atoms with van der Waals surface area (Å²) in [7, 11) is 0. The van der Waals surface area contributed by atoms with Crippen LogP contribution in [0.4, 0.5) is 0 Å². The van der Waals surface area contributed by atoms with Crippen LogP contribution >= 0.6 is 11.6 Å². The van der Waals surface area contributed by atoms with Gasteiger partial charge in [-0.05, 0) is 44.1 Å². The van der Waals surface area contributed by atoms with Crippen molar-refractivity contribution < 1.29 is 4.74 Å². The van der Waals surface area contributed by atoms with Gasteiger partial charge in [-0.15, -0.1) is 0 Å². The van der Waals surface area contributed by atoms with Crippen LogP contribution in [0.15, 0.2) is 36.7 Å². The second-order valence-corrected chi connectivity index (χ2v) is 5.13. The molecule has 1 aliphatic rings. The third-order valence-corrected chi connectivity index (χ3v) is 3.53. The Morgan fingerprint density at radius 3 is 2.89 bits per heavy atom. The van der Waals surface area contributed by atoms with Crippen molar-refractivity contribution in [3.05, 3.63) is 41.7 Å². The molecule has 100 valence electrons. The largest absolute Gasteiger partial charge is 0.454 e. The molecule has 0 radical (unpaired) electrons. The molecule has 1 aromatic carbocycles. The van der Waals surface area contributed by atoms with Crippen molar-refractivity contribution in [3.8, 4) is 11.5 Å². The van der Waals surface area contributed by atoms with Crippen LogP contribution in [0, 0.1) is 0 Å². The standard InChI is InChI=1S/C14H16ClN3O/c15-11-2-1-3-13(8-11)19-14-9-17-18(10-14)12-4-6-16-7-5-12/h1-3,8-10,12,16H,4-7H2. The van der Waals surface area contributed by atoms with Gasteiger partial charge in [0.05, 0.1) is 18.4 Å². The van der Waals surface area contributed by atoms with E-state index in [1.807, 2.05) is 29.1 Å². The maximum atomic E-state index is 5.93. The van der Waals surface area contributed by atoms with Crippen LogP contribution < -0.4 is 10.1 Å². The predicted molar refractivity (Wildman–Crippen MR) is 74.9 cm³/mol. The normalized spacial score (nSPS) is 16.5. The number of nitrogens with zero attached hydrogens (tertiary/aromatic N) is 2. The highest BCUT2D eigenvalue weighted by Crippen LogP contribution is 2.26. The third-order valence-electron chi connectivity index (χ3n) is 3.29. The van der Waals surface area contributed by atoms with Gasteiger partial charge in [-0.3, -0.25) is 4.68 Å². The number of piperidine rings is 1. The first-order chi connectivity index (χ1) is 9.31. The number of benzene rings is 1. The first-order valence-corrected chi connectivity index (χ1v) is 6.87. The lowest BCUT2D eigenvalue weighted by atomic mass is 10.1. The van der Waals surface area contributed by atoms with E-state index in [0.717, 1.165) is 37.4 Å². The highest BCUT2D eigenvalue weighted by atomic mass is 35.5. The average molecular weight is 278 g/mol. The fourth-order valence-electron chi connectivity index (χ4n) is 2.31. The first kappa shape index (κ1) is 12.5. The van der Waals surface area contributed by atoms with E-state index < -0.39 is 0 Å². The Kier molecular flexibility index (Phi) is 3.71. The molecule has 1 saturated heterocycles. The number of aromatic nitrogens is 2. The Morgan fingerprint density at radius 1 is 1.26 bits per heavy atom. The molecule has 3 rings (SSSR count). The molecule has 4 nitrogen and oxygen atoms in total. The van der Waals surface area contributed by atoms with Gasteiger partial charge in [0.2, 0.25) is 0 Å². The number of nitrogens with one attached hydrogen (secondary N) is 1. The second-order valence-electron chi connectivity index (χ2n) is 4.70. The minimum absolute atomic E-state index is 0.470. The first-order valence-electron chi connectivity index (χ1n) is 6.49. The van der Waals surface area contributed by atoms with Gasteiger partial charge in [-0.2, -0.15) is 5.10 Å².